The molecule has 0 aliphatic rings. The van der Waals surface area contributed by atoms with E-state index in [-0.39, 0.29) is 6.42 Å². The van der Waals surface area contributed by atoms with Crippen LogP contribution in [0.25, 0.3) is 11.3 Å². The normalized spacial score (nSPS) is 13.1. The Kier molecular flexibility index (Phi) is 6.01. The molecule has 1 heterocycles. The average Bonchev–Trinajstić information content (AvgIpc) is 3.00. The summed E-state index contributed by atoms with van der Waals surface area (Å²) in [6.45, 7) is 4.92. The minimum absolute atomic E-state index is 0.137. The predicted molar refractivity (Wildman–Crippen MR) is 93.5 cm³/mol. The van der Waals surface area contributed by atoms with E-state index in [1.165, 1.54) is 18.3 Å². The van der Waals surface area contributed by atoms with Crippen molar-refractivity contribution in [2.45, 2.75) is 45.0 Å². The molecule has 2 aromatic rings. The zero-order valence-corrected chi connectivity index (χ0v) is 15.4. The van der Waals surface area contributed by atoms with Crippen molar-refractivity contribution < 1.29 is 32.6 Å². The van der Waals surface area contributed by atoms with E-state index in [4.69, 9.17) is 4.74 Å². The summed E-state index contributed by atoms with van der Waals surface area (Å²) >= 11 is 0. The first-order valence-electron chi connectivity index (χ1n) is 8.29. The van der Waals surface area contributed by atoms with Crippen LogP contribution in [0.15, 0.2) is 30.5 Å². The van der Waals surface area contributed by atoms with Crippen molar-refractivity contribution in [2.75, 3.05) is 0 Å². The maximum absolute atomic E-state index is 12.7. The van der Waals surface area contributed by atoms with Crippen LogP contribution >= 0.6 is 0 Å². The summed E-state index contributed by atoms with van der Waals surface area (Å²) in [5.41, 5.74) is -0.405. The van der Waals surface area contributed by atoms with Crippen LogP contribution in [0.3, 0.4) is 0 Å². The molecule has 0 bridgehead atoms. The van der Waals surface area contributed by atoms with Crippen molar-refractivity contribution in [3.63, 3.8) is 0 Å². The lowest BCUT2D eigenvalue weighted by molar-refractivity contribution is -0.139. The number of carbonyl (C=O) groups is 2. The molecule has 0 radical (unpaired) electrons. The number of benzene rings is 1. The lowest BCUT2D eigenvalue weighted by Crippen LogP contribution is -2.44. The molecule has 1 unspecified atom stereocenters. The number of alkyl carbamates (subject to hydrolysis) is 1. The highest BCUT2D eigenvalue weighted by molar-refractivity contribution is 5.80. The first-order chi connectivity index (χ1) is 12.9. The summed E-state index contributed by atoms with van der Waals surface area (Å²) in [6, 6.07) is 3.07. The van der Waals surface area contributed by atoms with Crippen LogP contribution in [0.4, 0.5) is 18.0 Å². The Balaban J connectivity index is 2.19. The largest absolute Gasteiger partial charge is 0.480 e. The van der Waals surface area contributed by atoms with Gasteiger partial charge in [0.25, 0.3) is 0 Å². The Morgan fingerprint density at radius 2 is 1.82 bits per heavy atom. The van der Waals surface area contributed by atoms with Gasteiger partial charge in [0.05, 0.1) is 17.5 Å². The molecule has 10 heteroatoms. The van der Waals surface area contributed by atoms with Crippen LogP contribution < -0.4 is 5.32 Å². The molecule has 0 spiro atoms. The Morgan fingerprint density at radius 1 is 1.21 bits per heavy atom. The molecule has 1 aromatic heterocycles. The number of carboxylic acid groups (broad SMARTS) is 1. The number of carboxylic acids is 1. The summed E-state index contributed by atoms with van der Waals surface area (Å²) < 4.78 is 43.2. The number of alkyl halides is 3. The van der Waals surface area contributed by atoms with Gasteiger partial charge in [-0.05, 0) is 38.5 Å². The minimum Gasteiger partial charge on any atom is -0.480 e. The van der Waals surface area contributed by atoms with Crippen molar-refractivity contribution >= 4 is 12.1 Å². The van der Waals surface area contributed by atoms with E-state index in [0.717, 1.165) is 12.1 Å². The third kappa shape index (κ3) is 5.73. The molecule has 0 saturated heterocycles. The standard InChI is InChI=1S/C18H20F3N3O4/c1-17(2,3)28-16(27)23-13(15(25)26)8-11-9-22-24-14(11)10-4-6-12(7-5-10)18(19,20)21/h4-7,9,13H,8H2,1-3H3,(H,22,24)(H,23,27)(H,25,26). The third-order valence-corrected chi connectivity index (χ3v) is 3.63. The molecule has 2 rings (SSSR count). The van der Waals surface area contributed by atoms with Gasteiger partial charge in [-0.3, -0.25) is 5.10 Å². The van der Waals surface area contributed by atoms with Crippen LogP contribution in [-0.2, 0) is 22.1 Å². The van der Waals surface area contributed by atoms with E-state index in [1.807, 2.05) is 0 Å². The van der Waals surface area contributed by atoms with Gasteiger partial charge in [0.2, 0.25) is 0 Å². The summed E-state index contributed by atoms with van der Waals surface area (Å²) in [5, 5.41) is 18.1. The Hall–Kier alpha value is -3.04. The molecule has 3 N–H and O–H groups in total. The maximum atomic E-state index is 12.7. The Labute approximate surface area is 158 Å². The SMILES string of the molecule is CC(C)(C)OC(=O)NC(Cc1cn[nH]c1-c1ccc(C(F)(F)F)cc1)C(=O)O. The topological polar surface area (TPSA) is 104 Å². The number of aromatic nitrogens is 2. The number of halogens is 3. The number of aromatic amines is 1. The molecule has 7 nitrogen and oxygen atoms in total. The van der Waals surface area contributed by atoms with E-state index >= 15 is 0 Å². The average molecular weight is 399 g/mol. The zero-order valence-electron chi connectivity index (χ0n) is 15.4. The van der Waals surface area contributed by atoms with E-state index in [1.54, 1.807) is 20.8 Å². The highest BCUT2D eigenvalue weighted by Crippen LogP contribution is 2.31. The van der Waals surface area contributed by atoms with Crippen LogP contribution in [0, 0.1) is 0 Å². The molecule has 1 aromatic carbocycles. The molecule has 28 heavy (non-hydrogen) atoms. The van der Waals surface area contributed by atoms with Crippen LogP contribution in [0.5, 0.6) is 0 Å². The fourth-order valence-electron chi connectivity index (χ4n) is 2.41. The van der Waals surface area contributed by atoms with E-state index in [0.29, 0.717) is 16.8 Å². The number of amides is 1. The number of carbonyl (C=O) groups excluding carboxylic acids is 1. The molecule has 1 amide bonds. The van der Waals surface area contributed by atoms with Gasteiger partial charge < -0.3 is 15.2 Å². The van der Waals surface area contributed by atoms with Crippen LogP contribution in [0.1, 0.15) is 31.9 Å². The Bertz CT molecular complexity index is 839. The van der Waals surface area contributed by atoms with E-state index < -0.39 is 35.4 Å². The quantitative estimate of drug-likeness (QED) is 0.712. The fraction of sp³-hybridized carbons (Fsp3) is 0.389. The summed E-state index contributed by atoms with van der Waals surface area (Å²) in [7, 11) is 0. The lowest BCUT2D eigenvalue weighted by Gasteiger charge is -2.22. The Morgan fingerprint density at radius 3 is 2.32 bits per heavy atom. The van der Waals surface area contributed by atoms with Gasteiger partial charge in [-0.1, -0.05) is 12.1 Å². The van der Waals surface area contributed by atoms with Crippen LogP contribution in [-0.4, -0.2) is 39.0 Å². The van der Waals surface area contributed by atoms with Crippen molar-refractivity contribution in [3.8, 4) is 11.3 Å². The molecule has 0 aliphatic carbocycles. The number of nitrogens with zero attached hydrogens (tertiary/aromatic N) is 1. The van der Waals surface area contributed by atoms with E-state index in [2.05, 4.69) is 15.5 Å². The van der Waals surface area contributed by atoms with Gasteiger partial charge in [0.1, 0.15) is 11.6 Å². The number of H-pyrrole nitrogens is 1. The molecular formula is C18H20F3N3O4. The van der Waals surface area contributed by atoms with Crippen LogP contribution in [0.2, 0.25) is 0 Å². The van der Waals surface area contributed by atoms with Gasteiger partial charge in [-0.25, -0.2) is 9.59 Å². The zero-order chi connectivity index (χ0) is 21.1. The monoisotopic (exact) mass is 399 g/mol. The van der Waals surface area contributed by atoms with Gasteiger partial charge in [-0.15, -0.1) is 0 Å². The number of ether oxygens (including phenoxy) is 1. The molecule has 0 aliphatic heterocycles. The molecule has 1 atom stereocenters. The van der Waals surface area contributed by atoms with Gasteiger partial charge >= 0.3 is 18.2 Å². The second-order valence-electron chi connectivity index (χ2n) is 7.09. The first-order valence-corrected chi connectivity index (χ1v) is 8.29. The smallest absolute Gasteiger partial charge is 0.416 e. The third-order valence-electron chi connectivity index (χ3n) is 3.63. The molecular weight excluding hydrogens is 379 g/mol. The van der Waals surface area contributed by atoms with Crippen molar-refractivity contribution in [1.29, 1.82) is 0 Å². The lowest BCUT2D eigenvalue weighted by atomic mass is 10.0. The van der Waals surface area contributed by atoms with Gasteiger partial charge in [0, 0.05) is 12.0 Å². The van der Waals surface area contributed by atoms with Gasteiger partial charge in [0.15, 0.2) is 0 Å². The fourth-order valence-corrected chi connectivity index (χ4v) is 2.41. The van der Waals surface area contributed by atoms with E-state index in [9.17, 15) is 27.9 Å². The number of hydrogen-bond acceptors (Lipinski definition) is 4. The summed E-state index contributed by atoms with van der Waals surface area (Å²) in [5.74, 6) is -1.29. The minimum atomic E-state index is -4.46. The summed E-state index contributed by atoms with van der Waals surface area (Å²) in [6.07, 6.45) is -4.12. The second-order valence-corrected chi connectivity index (χ2v) is 7.09. The highest BCUT2D eigenvalue weighted by atomic mass is 19.4. The number of rotatable bonds is 5. The number of hydrogen-bond donors (Lipinski definition) is 3. The van der Waals surface area contributed by atoms with Crippen molar-refractivity contribution in [1.82, 2.24) is 15.5 Å². The number of nitrogens with one attached hydrogen (secondary N) is 2. The second kappa shape index (κ2) is 7.91. The molecule has 0 fully saturated rings. The van der Waals surface area contributed by atoms with Crippen molar-refractivity contribution in [3.05, 3.63) is 41.6 Å². The highest BCUT2D eigenvalue weighted by Gasteiger charge is 2.30. The molecule has 0 saturated carbocycles. The van der Waals surface area contributed by atoms with Gasteiger partial charge in [-0.2, -0.15) is 18.3 Å². The maximum Gasteiger partial charge on any atom is 0.416 e. The summed E-state index contributed by atoms with van der Waals surface area (Å²) in [4.78, 5) is 23.4. The molecule has 152 valence electrons. The predicted octanol–water partition coefficient (Wildman–Crippen LogP) is 3.62. The number of aliphatic carboxylic acids is 1. The first kappa shape index (κ1) is 21.3. The van der Waals surface area contributed by atoms with Crippen molar-refractivity contribution in [2.24, 2.45) is 0 Å².